The van der Waals surface area contributed by atoms with Crippen LogP contribution in [0.5, 0.6) is 0 Å². The highest BCUT2D eigenvalue weighted by Gasteiger charge is 2.19. The lowest BCUT2D eigenvalue weighted by atomic mass is 10.1. The predicted octanol–water partition coefficient (Wildman–Crippen LogP) is 3.47. The molecular weight excluding hydrogens is 378 g/mol. The smallest absolute Gasteiger partial charge is 0.267 e. The Morgan fingerprint density at radius 2 is 1.90 bits per heavy atom. The molecule has 7 nitrogen and oxygen atoms in total. The Balaban J connectivity index is 1.82. The van der Waals surface area contributed by atoms with E-state index in [1.165, 1.54) is 4.40 Å². The minimum atomic E-state index is -0.301. The molecule has 0 bridgehead atoms. The molecule has 152 valence electrons. The predicted molar refractivity (Wildman–Crippen MR) is 118 cm³/mol. The molecule has 0 saturated carbocycles. The van der Waals surface area contributed by atoms with Crippen molar-refractivity contribution in [3.8, 4) is 0 Å². The number of amides is 1. The van der Waals surface area contributed by atoms with E-state index < -0.39 is 0 Å². The van der Waals surface area contributed by atoms with Crippen molar-refractivity contribution in [3.63, 3.8) is 0 Å². The Bertz CT molecular complexity index is 1300. The van der Waals surface area contributed by atoms with Crippen molar-refractivity contribution in [3.05, 3.63) is 81.8 Å². The number of hydrogen-bond donors (Lipinski definition) is 2. The molecule has 0 aliphatic carbocycles. The second-order valence-corrected chi connectivity index (χ2v) is 7.24. The summed E-state index contributed by atoms with van der Waals surface area (Å²) in [6.45, 7) is 6.33. The normalized spacial score (nSPS) is 12.1. The number of nitrogens with one attached hydrogen (secondary N) is 2. The van der Waals surface area contributed by atoms with Gasteiger partial charge in [0.05, 0.1) is 17.0 Å². The third-order valence-electron chi connectivity index (χ3n) is 4.98. The van der Waals surface area contributed by atoms with E-state index in [-0.39, 0.29) is 17.5 Å². The van der Waals surface area contributed by atoms with Crippen molar-refractivity contribution in [2.24, 2.45) is 0 Å². The van der Waals surface area contributed by atoms with Crippen molar-refractivity contribution in [2.75, 3.05) is 11.9 Å². The number of carbonyl (C=O) groups is 1. The Labute approximate surface area is 173 Å². The summed E-state index contributed by atoms with van der Waals surface area (Å²) < 4.78 is 1.49. The molecule has 3 aromatic heterocycles. The lowest BCUT2D eigenvalue weighted by molar-refractivity contribution is 0.0940. The monoisotopic (exact) mass is 401 g/mol. The number of aryl methyl sites for hydroxylation is 1. The van der Waals surface area contributed by atoms with Crippen LogP contribution in [-0.2, 0) is 0 Å². The lowest BCUT2D eigenvalue weighted by Crippen LogP contribution is -2.28. The first kappa shape index (κ1) is 19.6. The van der Waals surface area contributed by atoms with Crippen LogP contribution in [0.15, 0.2) is 59.5 Å². The van der Waals surface area contributed by atoms with E-state index in [0.717, 1.165) is 11.1 Å². The van der Waals surface area contributed by atoms with Crippen molar-refractivity contribution in [1.82, 2.24) is 19.7 Å². The molecule has 0 aliphatic rings. The largest absolute Gasteiger partial charge is 0.370 e. The van der Waals surface area contributed by atoms with Crippen LogP contribution in [0.3, 0.4) is 0 Å². The van der Waals surface area contributed by atoms with E-state index in [1.807, 2.05) is 57.2 Å². The number of carbonyl (C=O) groups excluding carboxylic acids is 1. The third kappa shape index (κ3) is 3.61. The number of pyridine rings is 2. The number of hydrogen-bond acceptors (Lipinski definition) is 5. The van der Waals surface area contributed by atoms with E-state index in [2.05, 4.69) is 20.6 Å². The van der Waals surface area contributed by atoms with Gasteiger partial charge in [0.25, 0.3) is 11.5 Å². The zero-order chi connectivity index (χ0) is 21.3. The van der Waals surface area contributed by atoms with E-state index >= 15 is 0 Å². The average Bonchev–Trinajstić information content (AvgIpc) is 2.75. The van der Waals surface area contributed by atoms with Gasteiger partial charge in [-0.25, -0.2) is 9.97 Å². The van der Waals surface area contributed by atoms with Gasteiger partial charge in [-0.05, 0) is 44.0 Å². The van der Waals surface area contributed by atoms with Crippen LogP contribution in [0.2, 0.25) is 0 Å². The molecule has 0 unspecified atom stereocenters. The van der Waals surface area contributed by atoms with E-state index in [0.29, 0.717) is 34.6 Å². The number of aromatic nitrogens is 3. The van der Waals surface area contributed by atoms with Gasteiger partial charge in [0.2, 0.25) is 0 Å². The molecule has 0 fully saturated rings. The summed E-state index contributed by atoms with van der Waals surface area (Å²) in [7, 11) is 0. The van der Waals surface area contributed by atoms with E-state index in [9.17, 15) is 9.59 Å². The van der Waals surface area contributed by atoms with E-state index in [4.69, 9.17) is 0 Å². The Kier molecular flexibility index (Phi) is 5.18. The number of rotatable bonds is 5. The Morgan fingerprint density at radius 3 is 2.63 bits per heavy atom. The molecule has 0 saturated heterocycles. The maximum atomic E-state index is 13.1. The zero-order valence-electron chi connectivity index (χ0n) is 17.1. The highest BCUT2D eigenvalue weighted by atomic mass is 16.2. The maximum Gasteiger partial charge on any atom is 0.267 e. The van der Waals surface area contributed by atoms with E-state index in [1.54, 1.807) is 18.3 Å². The van der Waals surface area contributed by atoms with Gasteiger partial charge in [-0.2, -0.15) is 0 Å². The van der Waals surface area contributed by atoms with Crippen molar-refractivity contribution < 1.29 is 4.79 Å². The summed E-state index contributed by atoms with van der Waals surface area (Å²) in [5.41, 5.74) is 2.83. The maximum absolute atomic E-state index is 13.1. The SMILES string of the molecule is CCNc1nc2nc3ccc(C)cn3c(=O)c2cc1C(=O)N[C@H](C)c1ccccc1. The molecule has 0 spiro atoms. The summed E-state index contributed by atoms with van der Waals surface area (Å²) in [4.78, 5) is 35.1. The number of fused-ring (bicyclic) bond motifs is 2. The molecule has 3 heterocycles. The zero-order valence-corrected chi connectivity index (χ0v) is 17.1. The fraction of sp³-hybridized carbons (Fsp3) is 0.217. The average molecular weight is 401 g/mol. The van der Waals surface area contributed by atoms with Gasteiger partial charge >= 0.3 is 0 Å². The quantitative estimate of drug-likeness (QED) is 0.500. The van der Waals surface area contributed by atoms with Crippen LogP contribution in [0, 0.1) is 6.92 Å². The summed E-state index contributed by atoms with van der Waals surface area (Å²) in [5.74, 6) is 0.108. The lowest BCUT2D eigenvalue weighted by Gasteiger charge is -2.16. The molecule has 4 rings (SSSR count). The number of nitrogens with zero attached hydrogens (tertiary/aromatic N) is 3. The van der Waals surface area contributed by atoms with Crippen LogP contribution < -0.4 is 16.2 Å². The minimum Gasteiger partial charge on any atom is -0.370 e. The Morgan fingerprint density at radius 1 is 1.13 bits per heavy atom. The number of benzene rings is 1. The second-order valence-electron chi connectivity index (χ2n) is 7.24. The van der Waals surface area contributed by atoms with Gasteiger partial charge in [-0.3, -0.25) is 14.0 Å². The standard InChI is InChI=1S/C23H23N5O2/c1-4-24-20-17(22(29)25-15(3)16-8-6-5-7-9-16)12-18-21(27-20)26-19-11-10-14(2)13-28(19)23(18)30/h5-13,15H,4H2,1-3H3,(H,24,27)(H,25,29)/t15-/m1/s1. The summed E-state index contributed by atoms with van der Waals surface area (Å²) >= 11 is 0. The molecule has 0 radical (unpaired) electrons. The van der Waals surface area contributed by atoms with Crippen LogP contribution in [0.4, 0.5) is 5.82 Å². The van der Waals surface area contributed by atoms with Crippen molar-refractivity contribution in [2.45, 2.75) is 26.8 Å². The van der Waals surface area contributed by atoms with Gasteiger partial charge in [0.15, 0.2) is 5.65 Å². The van der Waals surface area contributed by atoms with Crippen molar-refractivity contribution in [1.29, 1.82) is 0 Å². The molecule has 7 heteroatoms. The fourth-order valence-electron chi connectivity index (χ4n) is 3.41. The third-order valence-corrected chi connectivity index (χ3v) is 4.98. The van der Waals surface area contributed by atoms with Gasteiger partial charge < -0.3 is 10.6 Å². The highest BCUT2D eigenvalue weighted by Crippen LogP contribution is 2.20. The van der Waals surface area contributed by atoms with Crippen LogP contribution >= 0.6 is 0 Å². The summed E-state index contributed by atoms with van der Waals surface area (Å²) in [5, 5.41) is 6.41. The molecule has 1 amide bonds. The molecular formula is C23H23N5O2. The Hall–Kier alpha value is -3.74. The van der Waals surface area contributed by atoms with Crippen LogP contribution in [-0.4, -0.2) is 26.8 Å². The topological polar surface area (TPSA) is 88.4 Å². The minimum absolute atomic E-state index is 0.192. The van der Waals surface area contributed by atoms with Gasteiger partial charge in [-0.15, -0.1) is 0 Å². The highest BCUT2D eigenvalue weighted by molar-refractivity contribution is 6.02. The van der Waals surface area contributed by atoms with Crippen LogP contribution in [0.25, 0.3) is 16.7 Å². The first-order valence-corrected chi connectivity index (χ1v) is 9.91. The molecule has 4 aromatic rings. The second kappa shape index (κ2) is 7.94. The molecule has 30 heavy (non-hydrogen) atoms. The van der Waals surface area contributed by atoms with Crippen molar-refractivity contribution >= 4 is 28.4 Å². The molecule has 0 aliphatic heterocycles. The van der Waals surface area contributed by atoms with Gasteiger partial charge in [-0.1, -0.05) is 36.4 Å². The van der Waals surface area contributed by atoms with Gasteiger partial charge in [0, 0.05) is 12.7 Å². The number of anilines is 1. The molecule has 1 aromatic carbocycles. The fourth-order valence-corrected chi connectivity index (χ4v) is 3.41. The first-order chi connectivity index (χ1) is 14.5. The first-order valence-electron chi connectivity index (χ1n) is 9.91. The summed E-state index contributed by atoms with van der Waals surface area (Å²) in [6, 6.07) is 14.8. The summed E-state index contributed by atoms with van der Waals surface area (Å²) in [6.07, 6.45) is 1.74. The molecule has 1 atom stereocenters. The molecule has 2 N–H and O–H groups in total. The van der Waals surface area contributed by atoms with Crippen LogP contribution in [0.1, 0.15) is 41.4 Å². The van der Waals surface area contributed by atoms with Gasteiger partial charge in [0.1, 0.15) is 11.5 Å².